The number of hydrogen-bond acceptors (Lipinski definition) is 28. The number of piperidine rings is 4. The smallest absolute Gasteiger partial charge is 0.395 e. The van der Waals surface area contributed by atoms with Gasteiger partial charge in [0.15, 0.2) is 40.7 Å². The molecule has 0 spiro atoms. The Morgan fingerprint density at radius 1 is 0.444 bits per heavy atom. The zero-order valence-electron chi connectivity index (χ0n) is 81.7. The predicted octanol–water partition coefficient (Wildman–Crippen LogP) is 18.4. The summed E-state index contributed by atoms with van der Waals surface area (Å²) in [6.07, 6.45) is 5.45. The first-order chi connectivity index (χ1) is 68.3. The van der Waals surface area contributed by atoms with E-state index in [0.29, 0.717) is 122 Å². The molecule has 0 aliphatic carbocycles. The number of amides is 1. The Balaban J connectivity index is 0.000000152. The summed E-state index contributed by atoms with van der Waals surface area (Å²) in [5.41, 5.74) is 13.5. The lowest BCUT2D eigenvalue weighted by Gasteiger charge is -2.34. The monoisotopic (exact) mass is 2090 g/mol. The fourth-order valence-corrected chi connectivity index (χ4v) is 20.9. The van der Waals surface area contributed by atoms with Crippen molar-refractivity contribution in [1.29, 1.82) is 0 Å². The first kappa shape index (κ1) is 108. The Hall–Kier alpha value is -11.9. The average molecular weight is 2100 g/mol. The SMILES string of the molecule is Cc1cc(C2CCN(C(=O)CN(C)C)CC2)c(C)cc1Cc1ncc(Cl)c(Nc2cc(C(F)(F)F)[nH]n2)n1.Cc1cc(Nc2nc(Nc3cc(C)c(C4CCN(CCO)CC4)cc3C)ncc2C(F)(F)F)n[nH]1.Cc1cc(Nc2nc(Nc3cc(C)c(C4CCN(CCS(=O)(=O)N5CCC5)CC4)cc3F)ncc2Cl)n[nH]1.Cc1cc(Nc2nc(Nc3cc(C)c(C4CCN(S(C)(=O)=O)CC4)cc3F)ncc2Cl)n[nH]1. The van der Waals surface area contributed by atoms with Crippen molar-refractivity contribution in [3.63, 3.8) is 0 Å². The van der Waals surface area contributed by atoms with Crippen molar-refractivity contribution in [2.24, 2.45) is 0 Å². The maximum absolute atomic E-state index is 15.2. The molecule has 5 fully saturated rings. The van der Waals surface area contributed by atoms with Crippen LogP contribution in [0.4, 0.5) is 117 Å². The molecule has 48 heteroatoms. The number of aromatic nitrogens is 16. The van der Waals surface area contributed by atoms with Gasteiger partial charge >= 0.3 is 12.4 Å². The van der Waals surface area contributed by atoms with Crippen molar-refractivity contribution >= 4 is 142 Å². The van der Waals surface area contributed by atoms with Gasteiger partial charge in [0, 0.05) is 112 Å². The number of likely N-dealkylation sites (N-methyl/N-ethyl adjacent to an activating group) is 1. The second-order valence-electron chi connectivity index (χ2n) is 37.1. The van der Waals surface area contributed by atoms with Gasteiger partial charge in [-0.25, -0.2) is 59.1 Å². The van der Waals surface area contributed by atoms with E-state index in [2.05, 4.69) is 148 Å². The van der Waals surface area contributed by atoms with Gasteiger partial charge in [0.1, 0.15) is 49.6 Å². The third-order valence-corrected chi connectivity index (χ3v) is 29.9. The number of benzene rings is 4. The molecule has 0 bridgehead atoms. The molecule has 0 unspecified atom stereocenters. The quantitative estimate of drug-likeness (QED) is 0.0194. The van der Waals surface area contributed by atoms with Gasteiger partial charge in [0.2, 0.25) is 43.8 Å². The van der Waals surface area contributed by atoms with Crippen LogP contribution in [-0.2, 0) is 43.6 Å². The molecule has 12 N–H and O–H groups in total. The van der Waals surface area contributed by atoms with Crippen molar-refractivity contribution in [3.05, 3.63) is 220 Å². The number of alkyl halides is 6. The molecule has 144 heavy (non-hydrogen) atoms. The van der Waals surface area contributed by atoms with Crippen molar-refractivity contribution in [1.82, 2.24) is 109 Å². The minimum Gasteiger partial charge on any atom is -0.395 e. The summed E-state index contributed by atoms with van der Waals surface area (Å²) in [6.45, 7) is 26.6. The van der Waals surface area contributed by atoms with E-state index in [1.54, 1.807) is 41.6 Å². The van der Waals surface area contributed by atoms with Gasteiger partial charge in [0.05, 0.1) is 55.1 Å². The molecule has 17 rings (SSSR count). The standard InChI is InChI=1S/C26H31ClF3N7O.C25H32ClFN8O2S.C24H30F3N7O.C21H25ClFN7O2S/c1-15-10-19(17-5-7-37(8-6-17)24(38)14-36(3)4)16(2)9-18(15)11-22-31-13-20(27)25(32-22)33-23-12-21(34-35-23)26(28,29)30;1-16-12-22(29-25-28-15-20(26)24(31-25)30-23-13-17(2)32-33-23)21(27)14-19(16)18-4-8-34(9-5-18)10-11-38(36,37)35-6-3-7-35;1-14-11-20(15(2)10-18(14)17-4-6-34(7-5-17)8-9-35)29-23-28-13-19(24(25,26)27)22(31-23)30-21-12-16(3)32-33-21;1-12-8-18(17(23)10-15(12)14-4-6-30(7-5-14)33(3,31)32)25-21-24-11-16(22)20(27-21)26-19-9-13(2)28-29-19/h9-10,12-13,17H,5-8,11,14H2,1-4H3,(H2,31,32,33,34,35);12-15,18H,3-11H2,1-2H3,(H3,28,29,30,31,32,33);10-13,17,35H,4-9H2,1-3H3,(H3,28,29,30,31,32,33);8-11,14H,4-7H2,1-3H3,(H3,24,25,26,27,28,29). The Kier molecular flexibility index (Phi) is 35.2. The summed E-state index contributed by atoms with van der Waals surface area (Å²) in [4.78, 5) is 54.5. The molecule has 5 saturated heterocycles. The van der Waals surface area contributed by atoms with Crippen LogP contribution in [0.2, 0.25) is 15.1 Å². The average Bonchev–Trinajstić information content (AvgIpc) is 1.14. The van der Waals surface area contributed by atoms with Crippen LogP contribution in [0, 0.1) is 73.9 Å². The van der Waals surface area contributed by atoms with E-state index < -0.39 is 49.5 Å². The topological polar surface area (TPSA) is 427 Å². The second-order valence-corrected chi connectivity index (χ2v) is 42.4. The highest BCUT2D eigenvalue weighted by Crippen LogP contribution is 2.43. The van der Waals surface area contributed by atoms with Gasteiger partial charge in [-0.2, -0.15) is 61.7 Å². The van der Waals surface area contributed by atoms with Gasteiger partial charge in [-0.3, -0.25) is 25.2 Å². The lowest BCUT2D eigenvalue weighted by Crippen LogP contribution is -2.46. The Morgan fingerprint density at radius 3 is 1.27 bits per heavy atom. The van der Waals surface area contributed by atoms with Crippen LogP contribution < -0.4 is 37.2 Å². The number of hydrogen-bond donors (Lipinski definition) is 12. The minimum atomic E-state index is -4.62. The van der Waals surface area contributed by atoms with Crippen LogP contribution in [0.25, 0.3) is 0 Å². The summed E-state index contributed by atoms with van der Waals surface area (Å²) in [5, 5.41) is 56.4. The van der Waals surface area contributed by atoms with Crippen molar-refractivity contribution in [2.45, 2.75) is 163 Å². The maximum atomic E-state index is 15.2. The molecule has 5 aliphatic heterocycles. The molecule has 5 aliphatic rings. The minimum absolute atomic E-state index is 0.0466. The summed E-state index contributed by atoms with van der Waals surface area (Å²) in [6, 6.07) is 21.1. The summed E-state index contributed by atoms with van der Waals surface area (Å²) in [7, 11) is -2.54. The maximum Gasteiger partial charge on any atom is 0.432 e. The van der Waals surface area contributed by atoms with E-state index >= 15 is 4.39 Å². The normalized spacial score (nSPS) is 15.8. The molecule has 0 atom stereocenters. The Morgan fingerprint density at radius 2 is 0.840 bits per heavy atom. The molecule has 772 valence electrons. The number of aliphatic hydroxyl groups excluding tert-OH is 1. The number of H-pyrrole nitrogens is 4. The zero-order valence-corrected chi connectivity index (χ0v) is 85.6. The number of aromatic amines is 4. The molecule has 8 aromatic heterocycles. The Bertz CT molecular complexity index is 6740. The lowest BCUT2D eigenvalue weighted by molar-refractivity contribution is -0.141. The molecule has 35 nitrogen and oxygen atoms in total. The molecule has 4 aromatic carbocycles. The number of nitrogens with zero attached hydrogens (tertiary/aromatic N) is 18. The molecular weight excluding hydrogens is 1980 g/mol. The van der Waals surface area contributed by atoms with Crippen LogP contribution in [0.5, 0.6) is 0 Å². The predicted molar refractivity (Wildman–Crippen MR) is 541 cm³/mol. The second kappa shape index (κ2) is 47.1. The van der Waals surface area contributed by atoms with Crippen LogP contribution in [0.15, 0.2) is 97.6 Å². The highest BCUT2D eigenvalue weighted by atomic mass is 35.5. The number of aliphatic hydroxyl groups is 1. The van der Waals surface area contributed by atoms with Gasteiger partial charge in [0.25, 0.3) is 0 Å². The molecule has 12 aromatic rings. The number of sulfonamides is 2. The number of carbonyl (C=O) groups excluding carboxylic acids is 1. The van der Waals surface area contributed by atoms with Crippen molar-refractivity contribution in [3.8, 4) is 0 Å². The van der Waals surface area contributed by atoms with E-state index in [0.717, 1.165) is 158 Å². The van der Waals surface area contributed by atoms with Gasteiger partial charge in [-0.05, 0) is 276 Å². The first-order valence-electron chi connectivity index (χ1n) is 47.1. The highest BCUT2D eigenvalue weighted by molar-refractivity contribution is 7.89. The van der Waals surface area contributed by atoms with Crippen LogP contribution in [0.1, 0.15) is 177 Å². The third kappa shape index (κ3) is 28.6. The fourth-order valence-electron chi connectivity index (χ4n) is 18.1. The summed E-state index contributed by atoms with van der Waals surface area (Å²) >= 11 is 18.6. The van der Waals surface area contributed by atoms with E-state index in [4.69, 9.17) is 39.9 Å². The number of halogens is 11. The van der Waals surface area contributed by atoms with Gasteiger partial charge in [-0.1, -0.05) is 53.0 Å². The molecule has 13 heterocycles. The number of anilines is 14. The fraction of sp³-hybridized carbons (Fsp3) is 0.448. The van der Waals surface area contributed by atoms with Crippen molar-refractivity contribution in [2.75, 3.05) is 155 Å². The molecule has 0 radical (unpaired) electrons. The number of rotatable bonds is 29. The van der Waals surface area contributed by atoms with Gasteiger partial charge < -0.3 is 61.9 Å². The van der Waals surface area contributed by atoms with Crippen molar-refractivity contribution < 1.29 is 61.9 Å². The summed E-state index contributed by atoms with van der Waals surface area (Å²) < 4.78 is 161. The van der Waals surface area contributed by atoms with Gasteiger partial charge in [-0.15, -0.1) is 0 Å². The van der Waals surface area contributed by atoms with Crippen LogP contribution in [0.3, 0.4) is 0 Å². The zero-order chi connectivity index (χ0) is 103. The lowest BCUT2D eigenvalue weighted by atomic mass is 9.84. The first-order valence-corrected chi connectivity index (χ1v) is 51.7. The van der Waals surface area contributed by atoms with E-state index in [-0.39, 0.29) is 93.4 Å². The summed E-state index contributed by atoms with van der Waals surface area (Å²) in [5.74, 6) is 3.39. The van der Waals surface area contributed by atoms with Crippen LogP contribution >= 0.6 is 34.8 Å². The molecular formula is C96H118Cl3F8N29O6S2. The number of β-amino-alcohol motifs (C(OH)–C–C–N with tert-alkyl or cyclic N) is 1. The number of likely N-dealkylation sites (tertiary alicyclic amines) is 3. The number of aryl methyl sites for hydroxylation is 9. The van der Waals surface area contributed by atoms with E-state index in [1.807, 2.05) is 89.6 Å². The largest absolute Gasteiger partial charge is 0.432 e. The number of carbonyl (C=O) groups is 1. The molecule has 1 amide bonds. The third-order valence-electron chi connectivity index (χ3n) is 25.9. The van der Waals surface area contributed by atoms with E-state index in [9.17, 15) is 52.4 Å². The van der Waals surface area contributed by atoms with Crippen LogP contribution in [-0.4, -0.2) is 255 Å². The Labute approximate surface area is 845 Å². The molecule has 0 saturated carbocycles. The number of nitrogens with one attached hydrogen (secondary N) is 11. The van der Waals surface area contributed by atoms with E-state index in [1.165, 1.54) is 51.9 Å². The highest BCUT2D eigenvalue weighted by Gasteiger charge is 2.38.